The fraction of sp³-hybridized carbons (Fsp3) is 0.714. The molecule has 1 aromatic rings. The third kappa shape index (κ3) is 3.85. The van der Waals surface area contributed by atoms with Gasteiger partial charge in [-0.1, -0.05) is 0 Å². The van der Waals surface area contributed by atoms with Gasteiger partial charge < -0.3 is 9.15 Å². The number of nitrogens with zero attached hydrogens (tertiary/aromatic N) is 1. The first kappa shape index (κ1) is 15.0. The lowest BCUT2D eigenvalue weighted by Crippen LogP contribution is -2.64. The second kappa shape index (κ2) is 5.72. The van der Waals surface area contributed by atoms with Crippen molar-refractivity contribution in [3.63, 3.8) is 0 Å². The molecule has 21 heavy (non-hydrogen) atoms. The van der Waals surface area contributed by atoms with Crippen molar-refractivity contribution in [1.82, 2.24) is 9.62 Å². The van der Waals surface area contributed by atoms with Gasteiger partial charge in [0.1, 0.15) is 5.76 Å². The third-order valence-electron chi connectivity index (χ3n) is 4.25. The summed E-state index contributed by atoms with van der Waals surface area (Å²) < 4.78 is 36.1. The lowest BCUT2D eigenvalue weighted by molar-refractivity contribution is -0.181. The Balaban J connectivity index is 1.41. The predicted molar refractivity (Wildman–Crippen MR) is 78.2 cm³/mol. The van der Waals surface area contributed by atoms with Crippen molar-refractivity contribution in [2.45, 2.75) is 25.0 Å². The van der Waals surface area contributed by atoms with Crippen LogP contribution in [0.2, 0.25) is 0 Å². The molecule has 1 N–H and O–H groups in total. The Hall–Kier alpha value is -0.890. The zero-order valence-electron chi connectivity index (χ0n) is 12.2. The van der Waals surface area contributed by atoms with E-state index < -0.39 is 10.0 Å². The Labute approximate surface area is 125 Å². The summed E-state index contributed by atoms with van der Waals surface area (Å²) >= 11 is 0. The summed E-state index contributed by atoms with van der Waals surface area (Å²) in [5, 5.41) is 0. The maximum absolute atomic E-state index is 11.1. The van der Waals surface area contributed by atoms with E-state index in [-0.39, 0.29) is 11.5 Å². The topological polar surface area (TPSA) is 71.8 Å². The van der Waals surface area contributed by atoms with E-state index in [0.29, 0.717) is 13.2 Å². The van der Waals surface area contributed by atoms with E-state index in [0.717, 1.165) is 38.2 Å². The van der Waals surface area contributed by atoms with Crippen molar-refractivity contribution in [3.8, 4) is 0 Å². The van der Waals surface area contributed by atoms with E-state index in [1.165, 1.54) is 6.26 Å². The molecule has 0 amide bonds. The molecule has 3 heterocycles. The SMILES string of the molecule is CS(=O)(=O)NCC1CCC2(CN(Cc3ccco3)C2)OC1. The number of ether oxygens (including phenoxy) is 1. The monoisotopic (exact) mass is 314 g/mol. The zero-order chi connectivity index (χ0) is 14.9. The van der Waals surface area contributed by atoms with Gasteiger partial charge in [0.05, 0.1) is 31.3 Å². The lowest BCUT2D eigenvalue weighted by Gasteiger charge is -2.52. The van der Waals surface area contributed by atoms with Gasteiger partial charge in [-0.15, -0.1) is 0 Å². The maximum atomic E-state index is 11.1. The third-order valence-corrected chi connectivity index (χ3v) is 4.94. The minimum atomic E-state index is -3.11. The Kier molecular flexibility index (Phi) is 4.09. The van der Waals surface area contributed by atoms with Crippen LogP contribution >= 0.6 is 0 Å². The van der Waals surface area contributed by atoms with Crippen molar-refractivity contribution >= 4 is 10.0 Å². The molecule has 0 bridgehead atoms. The Morgan fingerprint density at radius 3 is 2.86 bits per heavy atom. The number of sulfonamides is 1. The van der Waals surface area contributed by atoms with Crippen LogP contribution in [0.25, 0.3) is 0 Å². The molecule has 2 fully saturated rings. The second-order valence-corrected chi connectivity index (χ2v) is 8.08. The van der Waals surface area contributed by atoms with Gasteiger partial charge in [-0.05, 0) is 30.9 Å². The number of hydrogen-bond acceptors (Lipinski definition) is 5. The Morgan fingerprint density at radius 1 is 1.48 bits per heavy atom. The molecule has 0 saturated carbocycles. The van der Waals surface area contributed by atoms with Gasteiger partial charge in [0, 0.05) is 19.6 Å². The maximum Gasteiger partial charge on any atom is 0.208 e. The van der Waals surface area contributed by atoms with E-state index in [4.69, 9.17) is 9.15 Å². The van der Waals surface area contributed by atoms with Crippen LogP contribution in [-0.4, -0.2) is 51.4 Å². The molecule has 1 atom stereocenters. The van der Waals surface area contributed by atoms with Crippen LogP contribution in [0, 0.1) is 5.92 Å². The second-order valence-electron chi connectivity index (χ2n) is 6.24. The number of hydrogen-bond donors (Lipinski definition) is 1. The Bertz CT molecular complexity index is 554. The highest BCUT2D eigenvalue weighted by molar-refractivity contribution is 7.88. The molecule has 2 aliphatic heterocycles. The van der Waals surface area contributed by atoms with Gasteiger partial charge in [0.25, 0.3) is 0 Å². The number of nitrogens with one attached hydrogen (secondary N) is 1. The fourth-order valence-electron chi connectivity index (χ4n) is 3.10. The first-order valence-corrected chi connectivity index (χ1v) is 9.17. The van der Waals surface area contributed by atoms with Crippen molar-refractivity contribution in [2.24, 2.45) is 5.92 Å². The largest absolute Gasteiger partial charge is 0.468 e. The Morgan fingerprint density at radius 2 is 2.29 bits per heavy atom. The molecule has 0 aromatic carbocycles. The quantitative estimate of drug-likeness (QED) is 0.871. The highest BCUT2D eigenvalue weighted by Crippen LogP contribution is 2.36. The summed E-state index contributed by atoms with van der Waals surface area (Å²) in [6, 6.07) is 3.89. The molecule has 0 radical (unpaired) electrons. The summed E-state index contributed by atoms with van der Waals surface area (Å²) in [5.74, 6) is 1.26. The van der Waals surface area contributed by atoms with Gasteiger partial charge in [-0.25, -0.2) is 13.1 Å². The van der Waals surface area contributed by atoms with E-state index in [1.54, 1.807) is 6.26 Å². The summed E-state index contributed by atoms with van der Waals surface area (Å²) in [5.41, 5.74) is -0.0197. The van der Waals surface area contributed by atoms with Crippen LogP contribution in [0.3, 0.4) is 0 Å². The number of rotatable bonds is 5. The van der Waals surface area contributed by atoms with E-state index in [9.17, 15) is 8.42 Å². The average Bonchev–Trinajstić information content (AvgIpc) is 2.88. The van der Waals surface area contributed by atoms with Crippen molar-refractivity contribution < 1.29 is 17.6 Å². The van der Waals surface area contributed by atoms with E-state index >= 15 is 0 Å². The first-order valence-electron chi connectivity index (χ1n) is 7.27. The molecular formula is C14H22N2O4S. The molecule has 1 unspecified atom stereocenters. The van der Waals surface area contributed by atoms with E-state index in [2.05, 4.69) is 9.62 Å². The van der Waals surface area contributed by atoms with Gasteiger partial charge >= 0.3 is 0 Å². The smallest absolute Gasteiger partial charge is 0.208 e. The van der Waals surface area contributed by atoms with Gasteiger partial charge in [0.2, 0.25) is 10.0 Å². The van der Waals surface area contributed by atoms with Crippen molar-refractivity contribution in [1.29, 1.82) is 0 Å². The van der Waals surface area contributed by atoms with Crippen LogP contribution in [0.15, 0.2) is 22.8 Å². The highest BCUT2D eigenvalue weighted by atomic mass is 32.2. The summed E-state index contributed by atoms with van der Waals surface area (Å²) in [6.45, 7) is 3.80. The minimum Gasteiger partial charge on any atom is -0.468 e. The lowest BCUT2D eigenvalue weighted by atomic mass is 9.83. The van der Waals surface area contributed by atoms with Crippen LogP contribution < -0.4 is 4.72 Å². The number of furan rings is 1. The van der Waals surface area contributed by atoms with E-state index in [1.807, 2.05) is 12.1 Å². The molecule has 2 saturated heterocycles. The fourth-order valence-corrected chi connectivity index (χ4v) is 3.64. The first-order chi connectivity index (χ1) is 9.94. The summed E-state index contributed by atoms with van der Waals surface area (Å²) in [6.07, 6.45) is 4.90. The molecule has 2 aliphatic rings. The molecule has 1 aromatic heterocycles. The molecular weight excluding hydrogens is 292 g/mol. The molecule has 1 spiro atoms. The molecule has 3 rings (SSSR count). The van der Waals surface area contributed by atoms with Gasteiger partial charge in [-0.2, -0.15) is 0 Å². The van der Waals surface area contributed by atoms with Crippen LogP contribution in [0.1, 0.15) is 18.6 Å². The molecule has 6 nitrogen and oxygen atoms in total. The minimum absolute atomic E-state index is 0.0197. The average molecular weight is 314 g/mol. The highest BCUT2D eigenvalue weighted by Gasteiger charge is 2.46. The molecule has 7 heteroatoms. The summed E-state index contributed by atoms with van der Waals surface area (Å²) in [4.78, 5) is 2.31. The van der Waals surface area contributed by atoms with Crippen LogP contribution in [0.5, 0.6) is 0 Å². The van der Waals surface area contributed by atoms with Gasteiger partial charge in [-0.3, -0.25) is 4.90 Å². The zero-order valence-corrected chi connectivity index (χ0v) is 13.1. The molecule has 118 valence electrons. The van der Waals surface area contributed by atoms with Crippen LogP contribution in [0.4, 0.5) is 0 Å². The van der Waals surface area contributed by atoms with Gasteiger partial charge in [0.15, 0.2) is 0 Å². The summed E-state index contributed by atoms with van der Waals surface area (Å²) in [7, 11) is -3.11. The van der Waals surface area contributed by atoms with Crippen molar-refractivity contribution in [3.05, 3.63) is 24.2 Å². The normalized spacial score (nSPS) is 25.9. The number of likely N-dealkylation sites (tertiary alicyclic amines) is 1. The molecule has 0 aliphatic carbocycles. The predicted octanol–water partition coefficient (Wildman–Crippen LogP) is 0.810. The van der Waals surface area contributed by atoms with Crippen molar-refractivity contribution in [2.75, 3.05) is 32.5 Å². The standard InChI is InChI=1S/C14H22N2O4S/c1-21(17,18)15-7-12-4-5-14(20-9-12)10-16(11-14)8-13-3-2-6-19-13/h2-3,6,12,15H,4-5,7-11H2,1H3. The van der Waals surface area contributed by atoms with Crippen LogP contribution in [-0.2, 0) is 21.3 Å².